The first-order chi connectivity index (χ1) is 9.11. The highest BCUT2D eigenvalue weighted by molar-refractivity contribution is 5.81. The molecule has 19 heavy (non-hydrogen) atoms. The summed E-state index contributed by atoms with van der Waals surface area (Å²) in [6.07, 6.45) is 2.66. The molecule has 1 atom stereocenters. The highest BCUT2D eigenvalue weighted by atomic mass is 16.5. The number of methoxy groups -OCH3 is 1. The van der Waals surface area contributed by atoms with Gasteiger partial charge in [-0.05, 0) is 25.0 Å². The van der Waals surface area contributed by atoms with Gasteiger partial charge < -0.3 is 9.64 Å². The van der Waals surface area contributed by atoms with Gasteiger partial charge in [0.05, 0.1) is 25.1 Å². The molecular formula is C14H18N2O3. The van der Waals surface area contributed by atoms with Gasteiger partial charge in [0.2, 0.25) is 5.91 Å². The Morgan fingerprint density at radius 2 is 2.32 bits per heavy atom. The van der Waals surface area contributed by atoms with Crippen LogP contribution in [0.15, 0.2) is 18.3 Å². The molecule has 1 fully saturated rings. The average molecular weight is 262 g/mol. The fourth-order valence-corrected chi connectivity index (χ4v) is 2.30. The lowest BCUT2D eigenvalue weighted by Gasteiger charge is -2.16. The number of rotatable bonds is 3. The van der Waals surface area contributed by atoms with Crippen molar-refractivity contribution in [1.82, 2.24) is 9.88 Å². The summed E-state index contributed by atoms with van der Waals surface area (Å²) >= 11 is 0. The van der Waals surface area contributed by atoms with Crippen molar-refractivity contribution in [2.75, 3.05) is 20.2 Å². The highest BCUT2D eigenvalue weighted by Crippen LogP contribution is 2.18. The number of amides is 1. The van der Waals surface area contributed by atoms with Crippen LogP contribution in [0, 0.1) is 12.8 Å². The summed E-state index contributed by atoms with van der Waals surface area (Å²) in [5.74, 6) is -0.392. The van der Waals surface area contributed by atoms with E-state index in [9.17, 15) is 9.59 Å². The van der Waals surface area contributed by atoms with Crippen LogP contribution in [0.2, 0.25) is 0 Å². The first-order valence-electron chi connectivity index (χ1n) is 6.38. The largest absolute Gasteiger partial charge is 0.469 e. The quantitative estimate of drug-likeness (QED) is 0.761. The maximum atomic E-state index is 12.2. The summed E-state index contributed by atoms with van der Waals surface area (Å²) in [6, 6.07) is 3.79. The lowest BCUT2D eigenvalue weighted by atomic mass is 10.1. The highest BCUT2D eigenvalue weighted by Gasteiger charge is 2.31. The molecule has 1 aliphatic rings. The van der Waals surface area contributed by atoms with Crippen LogP contribution in [0.3, 0.4) is 0 Å². The van der Waals surface area contributed by atoms with Crippen molar-refractivity contribution in [2.24, 2.45) is 5.92 Å². The zero-order valence-electron chi connectivity index (χ0n) is 11.3. The van der Waals surface area contributed by atoms with Crippen LogP contribution < -0.4 is 0 Å². The number of aryl methyl sites for hydroxylation is 1. The van der Waals surface area contributed by atoms with Crippen LogP contribution in [0.5, 0.6) is 0 Å². The Balaban J connectivity index is 1.95. The predicted molar refractivity (Wildman–Crippen MR) is 69.4 cm³/mol. The van der Waals surface area contributed by atoms with Gasteiger partial charge in [0.1, 0.15) is 0 Å². The zero-order valence-corrected chi connectivity index (χ0v) is 11.3. The van der Waals surface area contributed by atoms with Crippen LogP contribution in [0.25, 0.3) is 0 Å². The first kappa shape index (κ1) is 13.5. The van der Waals surface area contributed by atoms with Crippen molar-refractivity contribution >= 4 is 11.9 Å². The molecule has 5 heteroatoms. The van der Waals surface area contributed by atoms with Crippen LogP contribution in [0.4, 0.5) is 0 Å². The van der Waals surface area contributed by atoms with Crippen LogP contribution in [0.1, 0.15) is 17.7 Å². The van der Waals surface area contributed by atoms with E-state index in [4.69, 9.17) is 4.74 Å². The van der Waals surface area contributed by atoms with Crippen LogP contribution in [-0.4, -0.2) is 42.0 Å². The summed E-state index contributed by atoms with van der Waals surface area (Å²) in [7, 11) is 1.38. The number of hydrogen-bond acceptors (Lipinski definition) is 4. The van der Waals surface area contributed by atoms with E-state index in [0.717, 1.165) is 11.3 Å². The Morgan fingerprint density at radius 1 is 1.53 bits per heavy atom. The third kappa shape index (κ3) is 3.10. The van der Waals surface area contributed by atoms with Gasteiger partial charge in [-0.25, -0.2) is 0 Å². The monoisotopic (exact) mass is 262 g/mol. The molecule has 1 aromatic heterocycles. The van der Waals surface area contributed by atoms with E-state index in [1.54, 1.807) is 11.1 Å². The van der Waals surface area contributed by atoms with Gasteiger partial charge in [0.25, 0.3) is 0 Å². The fourth-order valence-electron chi connectivity index (χ4n) is 2.30. The number of nitrogens with zero attached hydrogens (tertiary/aromatic N) is 2. The molecule has 2 rings (SSSR count). The summed E-state index contributed by atoms with van der Waals surface area (Å²) in [5.41, 5.74) is 1.81. The summed E-state index contributed by atoms with van der Waals surface area (Å²) < 4.78 is 4.71. The van der Waals surface area contributed by atoms with Crippen molar-refractivity contribution < 1.29 is 14.3 Å². The first-order valence-corrected chi connectivity index (χ1v) is 6.38. The summed E-state index contributed by atoms with van der Waals surface area (Å²) in [5, 5.41) is 0. The molecule has 0 N–H and O–H groups in total. The number of carbonyl (C=O) groups excluding carboxylic acids is 2. The van der Waals surface area contributed by atoms with E-state index in [2.05, 4.69) is 4.98 Å². The molecular weight excluding hydrogens is 244 g/mol. The minimum absolute atomic E-state index is 0.0215. The molecule has 1 unspecified atom stereocenters. The van der Waals surface area contributed by atoms with Gasteiger partial charge in [-0.2, -0.15) is 0 Å². The molecule has 5 nitrogen and oxygen atoms in total. The van der Waals surface area contributed by atoms with Gasteiger partial charge in [-0.1, -0.05) is 6.07 Å². The van der Waals surface area contributed by atoms with Gasteiger partial charge in [0, 0.05) is 19.3 Å². The number of likely N-dealkylation sites (tertiary alicyclic amines) is 1. The minimum Gasteiger partial charge on any atom is -0.469 e. The van der Waals surface area contributed by atoms with E-state index in [0.29, 0.717) is 25.9 Å². The molecule has 2 heterocycles. The maximum absolute atomic E-state index is 12.2. The number of hydrogen-bond donors (Lipinski definition) is 0. The summed E-state index contributed by atoms with van der Waals surface area (Å²) in [4.78, 5) is 29.5. The molecule has 0 bridgehead atoms. The molecule has 1 aromatic rings. The third-order valence-corrected chi connectivity index (χ3v) is 3.51. The van der Waals surface area contributed by atoms with Crippen molar-refractivity contribution in [3.63, 3.8) is 0 Å². The van der Waals surface area contributed by atoms with E-state index >= 15 is 0 Å². The third-order valence-electron chi connectivity index (χ3n) is 3.51. The predicted octanol–water partition coefficient (Wildman–Crippen LogP) is 0.954. The average Bonchev–Trinajstić information content (AvgIpc) is 2.90. The molecule has 0 spiro atoms. The summed E-state index contributed by atoms with van der Waals surface area (Å²) in [6.45, 7) is 3.01. The van der Waals surface area contributed by atoms with E-state index < -0.39 is 0 Å². The number of esters is 1. The van der Waals surface area contributed by atoms with Crippen LogP contribution in [-0.2, 0) is 20.7 Å². The fraction of sp³-hybridized carbons (Fsp3) is 0.500. The van der Waals surface area contributed by atoms with Gasteiger partial charge in [0.15, 0.2) is 0 Å². The lowest BCUT2D eigenvalue weighted by Crippen LogP contribution is -2.31. The molecule has 0 radical (unpaired) electrons. The Hall–Kier alpha value is -1.91. The number of aromatic nitrogens is 1. The molecule has 1 amide bonds. The lowest BCUT2D eigenvalue weighted by molar-refractivity contribution is -0.145. The van der Waals surface area contributed by atoms with Crippen molar-refractivity contribution in [3.05, 3.63) is 29.6 Å². The van der Waals surface area contributed by atoms with Gasteiger partial charge in [-0.3, -0.25) is 14.6 Å². The Morgan fingerprint density at radius 3 is 3.00 bits per heavy atom. The number of ether oxygens (including phenoxy) is 1. The van der Waals surface area contributed by atoms with Crippen molar-refractivity contribution in [3.8, 4) is 0 Å². The van der Waals surface area contributed by atoms with Crippen molar-refractivity contribution in [1.29, 1.82) is 0 Å². The topological polar surface area (TPSA) is 59.5 Å². The SMILES string of the molecule is COC(=O)C1CCN(C(=O)Cc2ncccc2C)C1. The zero-order chi connectivity index (χ0) is 13.8. The van der Waals surface area contributed by atoms with Gasteiger partial charge in [-0.15, -0.1) is 0 Å². The molecule has 1 aliphatic heterocycles. The molecule has 0 saturated carbocycles. The second kappa shape index (κ2) is 5.82. The second-order valence-electron chi connectivity index (χ2n) is 4.79. The van der Waals surface area contributed by atoms with E-state index in [-0.39, 0.29) is 17.8 Å². The Labute approximate surface area is 112 Å². The minimum atomic E-state index is -0.232. The van der Waals surface area contributed by atoms with Crippen molar-refractivity contribution in [2.45, 2.75) is 19.8 Å². The molecule has 0 aromatic carbocycles. The Kier molecular flexibility index (Phi) is 4.14. The van der Waals surface area contributed by atoms with Crippen LogP contribution >= 0.6 is 0 Å². The smallest absolute Gasteiger partial charge is 0.310 e. The molecule has 102 valence electrons. The number of carbonyl (C=O) groups is 2. The van der Waals surface area contributed by atoms with Gasteiger partial charge >= 0.3 is 5.97 Å². The van der Waals surface area contributed by atoms with E-state index in [1.807, 2.05) is 19.1 Å². The standard InChI is InChI=1S/C14H18N2O3/c1-10-4-3-6-15-12(10)8-13(17)16-7-5-11(9-16)14(18)19-2/h3-4,6,11H,5,7-9H2,1-2H3. The maximum Gasteiger partial charge on any atom is 0.310 e. The molecule has 1 saturated heterocycles. The normalized spacial score (nSPS) is 18.4. The second-order valence-corrected chi connectivity index (χ2v) is 4.79. The Bertz CT molecular complexity index is 487. The number of pyridine rings is 1. The molecule has 0 aliphatic carbocycles. The van der Waals surface area contributed by atoms with E-state index in [1.165, 1.54) is 7.11 Å².